The molecule has 35 heavy (non-hydrogen) atoms. The Labute approximate surface area is 210 Å². The fourth-order valence-corrected chi connectivity index (χ4v) is 4.26. The number of carbonyl (C=O) groups excluding carboxylic acids is 3. The van der Waals surface area contributed by atoms with Crippen molar-refractivity contribution in [2.24, 2.45) is 0 Å². The highest BCUT2D eigenvalue weighted by Crippen LogP contribution is 2.27. The topological polar surface area (TPSA) is 91.4 Å². The standard InChI is InChI=1S/C27H32N4O3S/c1-19-10-12-20(13-11-19)25(26(34)30-27(2,3)4)31(18-21-8-7-17-35-21)24(33)15-14-23(32)29-22-9-5-6-16-28-22/h5-13,16-17,25H,14-15,18H2,1-4H3,(H,30,34)(H,28,29,32)/t25-/m0/s1. The minimum Gasteiger partial charge on any atom is -0.349 e. The lowest BCUT2D eigenvalue weighted by atomic mass is 10.00. The molecule has 0 radical (unpaired) electrons. The molecule has 2 heterocycles. The number of rotatable bonds is 9. The number of pyridine rings is 1. The van der Waals surface area contributed by atoms with Crippen LogP contribution in [0.1, 0.15) is 55.7 Å². The number of thiophene rings is 1. The van der Waals surface area contributed by atoms with Crippen LogP contribution in [0.2, 0.25) is 0 Å². The molecule has 2 N–H and O–H groups in total. The predicted molar refractivity (Wildman–Crippen MR) is 139 cm³/mol. The number of hydrogen-bond donors (Lipinski definition) is 2. The monoisotopic (exact) mass is 492 g/mol. The molecule has 184 valence electrons. The molecule has 0 bridgehead atoms. The Morgan fingerprint density at radius 2 is 1.74 bits per heavy atom. The normalized spacial score (nSPS) is 12.0. The zero-order valence-corrected chi connectivity index (χ0v) is 21.4. The molecule has 0 unspecified atom stereocenters. The Hall–Kier alpha value is -3.52. The van der Waals surface area contributed by atoms with Crippen LogP contribution in [0.5, 0.6) is 0 Å². The SMILES string of the molecule is Cc1ccc([C@@H](C(=O)NC(C)(C)C)N(Cc2cccs2)C(=O)CCC(=O)Nc2ccccn2)cc1. The molecule has 0 spiro atoms. The molecule has 0 saturated carbocycles. The van der Waals surface area contributed by atoms with Crippen molar-refractivity contribution in [2.75, 3.05) is 5.32 Å². The van der Waals surface area contributed by atoms with Crippen LogP contribution >= 0.6 is 11.3 Å². The third-order valence-electron chi connectivity index (χ3n) is 5.18. The molecule has 0 aliphatic carbocycles. The molecular formula is C27H32N4O3S. The average molecular weight is 493 g/mol. The molecule has 3 aromatic rings. The van der Waals surface area contributed by atoms with E-state index in [9.17, 15) is 14.4 Å². The Morgan fingerprint density at radius 1 is 1.00 bits per heavy atom. The maximum absolute atomic E-state index is 13.5. The number of hydrogen-bond acceptors (Lipinski definition) is 5. The maximum Gasteiger partial charge on any atom is 0.247 e. The lowest BCUT2D eigenvalue weighted by molar-refractivity contribution is -0.142. The number of aromatic nitrogens is 1. The van der Waals surface area contributed by atoms with Gasteiger partial charge in [-0.15, -0.1) is 11.3 Å². The summed E-state index contributed by atoms with van der Waals surface area (Å²) in [6.07, 6.45) is 1.54. The van der Waals surface area contributed by atoms with Gasteiger partial charge in [-0.25, -0.2) is 4.98 Å². The van der Waals surface area contributed by atoms with Gasteiger partial charge in [-0.3, -0.25) is 14.4 Å². The van der Waals surface area contributed by atoms with Gasteiger partial charge in [-0.1, -0.05) is 42.0 Å². The van der Waals surface area contributed by atoms with Gasteiger partial charge in [-0.05, 0) is 56.8 Å². The fraction of sp³-hybridized carbons (Fsp3) is 0.333. The summed E-state index contributed by atoms with van der Waals surface area (Å²) >= 11 is 1.52. The second kappa shape index (κ2) is 11.8. The van der Waals surface area contributed by atoms with Crippen molar-refractivity contribution < 1.29 is 14.4 Å². The van der Waals surface area contributed by atoms with Crippen molar-refractivity contribution in [1.29, 1.82) is 0 Å². The third-order valence-corrected chi connectivity index (χ3v) is 6.04. The smallest absolute Gasteiger partial charge is 0.247 e. The molecule has 0 aliphatic rings. The van der Waals surface area contributed by atoms with Crippen molar-refractivity contribution in [1.82, 2.24) is 15.2 Å². The Balaban J connectivity index is 1.86. The predicted octanol–water partition coefficient (Wildman–Crippen LogP) is 4.86. The lowest BCUT2D eigenvalue weighted by Crippen LogP contribution is -2.49. The summed E-state index contributed by atoms with van der Waals surface area (Å²) in [5.41, 5.74) is 1.31. The van der Waals surface area contributed by atoms with Gasteiger partial charge < -0.3 is 15.5 Å². The highest BCUT2D eigenvalue weighted by atomic mass is 32.1. The number of benzene rings is 1. The Kier molecular flexibility index (Phi) is 8.76. The highest BCUT2D eigenvalue weighted by molar-refractivity contribution is 7.09. The average Bonchev–Trinajstić information content (AvgIpc) is 3.31. The van der Waals surface area contributed by atoms with Gasteiger partial charge in [0.15, 0.2) is 0 Å². The van der Waals surface area contributed by atoms with E-state index in [0.717, 1.165) is 16.0 Å². The quantitative estimate of drug-likeness (QED) is 0.446. The number of nitrogens with one attached hydrogen (secondary N) is 2. The van der Waals surface area contributed by atoms with Gasteiger partial charge in [0.1, 0.15) is 11.9 Å². The molecule has 7 nitrogen and oxygen atoms in total. The second-order valence-electron chi connectivity index (χ2n) is 9.42. The van der Waals surface area contributed by atoms with E-state index >= 15 is 0 Å². The Bertz CT molecular complexity index is 1120. The van der Waals surface area contributed by atoms with E-state index in [1.54, 1.807) is 29.3 Å². The van der Waals surface area contributed by atoms with E-state index in [0.29, 0.717) is 5.82 Å². The highest BCUT2D eigenvalue weighted by Gasteiger charge is 2.33. The van der Waals surface area contributed by atoms with Gasteiger partial charge in [-0.2, -0.15) is 0 Å². The first-order chi connectivity index (χ1) is 16.6. The van der Waals surface area contributed by atoms with Gasteiger partial charge in [0.05, 0.1) is 6.54 Å². The molecule has 0 saturated heterocycles. The van der Waals surface area contributed by atoms with Crippen molar-refractivity contribution in [3.05, 3.63) is 82.2 Å². The fourth-order valence-electron chi connectivity index (χ4n) is 3.56. The first kappa shape index (κ1) is 26.1. The number of amides is 3. The summed E-state index contributed by atoms with van der Waals surface area (Å²) in [6, 6.07) is 15.9. The summed E-state index contributed by atoms with van der Waals surface area (Å²) in [7, 11) is 0. The zero-order chi connectivity index (χ0) is 25.4. The van der Waals surface area contributed by atoms with Crippen LogP contribution in [0.15, 0.2) is 66.2 Å². The number of carbonyl (C=O) groups is 3. The summed E-state index contributed by atoms with van der Waals surface area (Å²) < 4.78 is 0. The molecular weight excluding hydrogens is 460 g/mol. The molecule has 1 atom stereocenters. The van der Waals surface area contributed by atoms with Crippen molar-refractivity contribution in [3.63, 3.8) is 0 Å². The summed E-state index contributed by atoms with van der Waals surface area (Å²) in [5.74, 6) is -0.407. The van der Waals surface area contributed by atoms with E-state index in [-0.39, 0.29) is 37.1 Å². The van der Waals surface area contributed by atoms with E-state index in [1.165, 1.54) is 11.3 Å². The van der Waals surface area contributed by atoms with Gasteiger partial charge in [0.25, 0.3) is 0 Å². The van der Waals surface area contributed by atoms with Crippen LogP contribution in [0.4, 0.5) is 5.82 Å². The lowest BCUT2D eigenvalue weighted by Gasteiger charge is -2.33. The van der Waals surface area contributed by atoms with Crippen LogP contribution in [-0.4, -0.2) is 33.1 Å². The number of anilines is 1. The van der Waals surface area contributed by atoms with Gasteiger partial charge in [0, 0.05) is 29.5 Å². The van der Waals surface area contributed by atoms with Crippen molar-refractivity contribution in [2.45, 2.75) is 58.7 Å². The summed E-state index contributed by atoms with van der Waals surface area (Å²) in [6.45, 7) is 7.97. The minimum absolute atomic E-state index is 0.0160. The van der Waals surface area contributed by atoms with E-state index in [2.05, 4.69) is 15.6 Å². The van der Waals surface area contributed by atoms with Gasteiger partial charge >= 0.3 is 0 Å². The number of aryl methyl sites for hydroxylation is 1. The van der Waals surface area contributed by atoms with Gasteiger partial charge in [0.2, 0.25) is 17.7 Å². The molecule has 8 heteroatoms. The van der Waals surface area contributed by atoms with E-state index in [4.69, 9.17) is 0 Å². The molecule has 3 amide bonds. The molecule has 0 fully saturated rings. The third kappa shape index (κ3) is 8.03. The van der Waals surface area contributed by atoms with E-state index < -0.39 is 11.6 Å². The molecule has 1 aromatic carbocycles. The summed E-state index contributed by atoms with van der Waals surface area (Å²) in [5, 5.41) is 7.67. The van der Waals surface area contributed by atoms with Crippen LogP contribution in [-0.2, 0) is 20.9 Å². The van der Waals surface area contributed by atoms with Crippen LogP contribution in [0, 0.1) is 6.92 Å². The zero-order valence-electron chi connectivity index (χ0n) is 20.6. The minimum atomic E-state index is -0.830. The van der Waals surface area contributed by atoms with Crippen LogP contribution in [0.25, 0.3) is 0 Å². The van der Waals surface area contributed by atoms with Crippen LogP contribution in [0.3, 0.4) is 0 Å². The van der Waals surface area contributed by atoms with Crippen molar-refractivity contribution in [3.8, 4) is 0 Å². The Morgan fingerprint density at radius 3 is 2.34 bits per heavy atom. The first-order valence-corrected chi connectivity index (χ1v) is 12.4. The molecule has 2 aromatic heterocycles. The van der Waals surface area contributed by atoms with E-state index in [1.807, 2.05) is 69.5 Å². The molecule has 0 aliphatic heterocycles. The van der Waals surface area contributed by atoms with Crippen LogP contribution < -0.4 is 10.6 Å². The number of nitrogens with zero attached hydrogens (tertiary/aromatic N) is 2. The second-order valence-corrected chi connectivity index (χ2v) is 10.4. The molecule has 3 rings (SSSR count). The van der Waals surface area contributed by atoms with Crippen molar-refractivity contribution >= 4 is 34.9 Å². The summed E-state index contributed by atoms with van der Waals surface area (Å²) in [4.78, 5) is 46.1. The largest absolute Gasteiger partial charge is 0.349 e. The first-order valence-electron chi connectivity index (χ1n) is 11.5. The maximum atomic E-state index is 13.5.